The van der Waals surface area contributed by atoms with Crippen LogP contribution in [0.25, 0.3) is 0 Å². The molecule has 4 nitrogen and oxygen atoms in total. The van der Waals surface area contributed by atoms with E-state index < -0.39 is 0 Å². The Bertz CT molecular complexity index is 399. The van der Waals surface area contributed by atoms with Crippen molar-refractivity contribution >= 4 is 12.0 Å². The molecule has 1 rings (SSSR count). The fourth-order valence-electron chi connectivity index (χ4n) is 1.15. The van der Waals surface area contributed by atoms with Crippen LogP contribution in [0.3, 0.4) is 0 Å². The first-order valence-electron chi connectivity index (χ1n) is 4.69. The Kier molecular flexibility index (Phi) is 4.82. The first-order valence-corrected chi connectivity index (χ1v) is 4.69. The van der Waals surface area contributed by atoms with E-state index in [1.165, 1.54) is 6.26 Å². The molecule has 0 aliphatic heterocycles. The zero-order valence-corrected chi connectivity index (χ0v) is 8.72. The normalized spacial score (nSPS) is 10.1. The maximum Gasteiger partial charge on any atom is 0.152 e. The molecule has 1 aromatic rings. The van der Waals surface area contributed by atoms with Gasteiger partial charge in [-0.15, -0.1) is 0 Å². The molecule has 0 heterocycles. The summed E-state index contributed by atoms with van der Waals surface area (Å²) in [4.78, 5) is 10.6. The number of allylic oxidation sites excluding steroid dienone is 2. The summed E-state index contributed by atoms with van der Waals surface area (Å²) < 4.78 is 5.18. The number of rotatable bonds is 6. The van der Waals surface area contributed by atoms with Gasteiger partial charge in [0.05, 0.1) is 11.9 Å². The van der Waals surface area contributed by atoms with Crippen molar-refractivity contribution in [2.75, 3.05) is 5.48 Å². The molecule has 0 bridgehead atoms. The Balaban J connectivity index is 2.71. The summed E-state index contributed by atoms with van der Waals surface area (Å²) in [5.74, 6) is 0. The topological polar surface area (TPSA) is 58.6 Å². The highest BCUT2D eigenvalue weighted by Gasteiger charge is 2.02. The highest BCUT2D eigenvalue weighted by atomic mass is 16.5. The van der Waals surface area contributed by atoms with Crippen molar-refractivity contribution in [3.05, 3.63) is 54.3 Å². The third kappa shape index (κ3) is 3.25. The summed E-state index contributed by atoms with van der Waals surface area (Å²) in [6, 6.07) is 5.01. The first kappa shape index (κ1) is 12.0. The number of hydrogen-bond donors (Lipinski definition) is 2. The molecule has 0 saturated heterocycles. The van der Waals surface area contributed by atoms with Crippen molar-refractivity contribution < 1.29 is 14.7 Å². The van der Waals surface area contributed by atoms with Crippen molar-refractivity contribution in [1.82, 2.24) is 0 Å². The van der Waals surface area contributed by atoms with Gasteiger partial charge in [-0.25, -0.2) is 0 Å². The summed E-state index contributed by atoms with van der Waals surface area (Å²) >= 11 is 0. The van der Waals surface area contributed by atoms with Gasteiger partial charge in [-0.05, 0) is 23.8 Å². The van der Waals surface area contributed by atoms with E-state index in [0.717, 1.165) is 5.56 Å². The second-order valence-corrected chi connectivity index (χ2v) is 3.03. The Labute approximate surface area is 93.8 Å². The number of hydrogen-bond acceptors (Lipinski definition) is 4. The highest BCUT2D eigenvalue weighted by molar-refractivity contribution is 5.83. The molecule has 4 heteroatoms. The van der Waals surface area contributed by atoms with Gasteiger partial charge in [0, 0.05) is 5.56 Å². The summed E-state index contributed by atoms with van der Waals surface area (Å²) in [7, 11) is 0. The monoisotopic (exact) mass is 219 g/mol. The Hall–Kier alpha value is -2.07. The molecule has 84 valence electrons. The summed E-state index contributed by atoms with van der Waals surface area (Å²) in [6.07, 6.45) is 5.47. The van der Waals surface area contributed by atoms with Crippen molar-refractivity contribution in [1.29, 1.82) is 0 Å². The Morgan fingerprint density at radius 1 is 1.50 bits per heavy atom. The third-order valence-corrected chi connectivity index (χ3v) is 1.93. The number of carbonyl (C=O) groups excluding carboxylic acids is 1. The van der Waals surface area contributed by atoms with E-state index >= 15 is 0 Å². The smallest absolute Gasteiger partial charge is 0.152 e. The average molecular weight is 219 g/mol. The molecule has 1 aromatic carbocycles. The van der Waals surface area contributed by atoms with Gasteiger partial charge in [0.25, 0.3) is 0 Å². The molecule has 16 heavy (non-hydrogen) atoms. The molecule has 0 saturated carbocycles. The van der Waals surface area contributed by atoms with E-state index in [4.69, 9.17) is 9.94 Å². The van der Waals surface area contributed by atoms with Gasteiger partial charge in [0.15, 0.2) is 6.29 Å². The van der Waals surface area contributed by atoms with Crippen molar-refractivity contribution in [2.45, 2.75) is 6.61 Å². The third-order valence-electron chi connectivity index (χ3n) is 1.93. The largest absolute Gasteiger partial charge is 0.497 e. The van der Waals surface area contributed by atoms with Gasteiger partial charge in [-0.2, -0.15) is 0 Å². The summed E-state index contributed by atoms with van der Waals surface area (Å²) in [5.41, 5.74) is 3.57. The second-order valence-electron chi connectivity index (χ2n) is 3.03. The molecule has 0 amide bonds. The van der Waals surface area contributed by atoms with E-state index in [1.54, 1.807) is 30.4 Å². The number of carbonyl (C=O) groups is 1. The fourth-order valence-corrected chi connectivity index (χ4v) is 1.15. The maximum atomic E-state index is 10.6. The number of benzene rings is 1. The molecule has 0 unspecified atom stereocenters. The minimum Gasteiger partial charge on any atom is -0.497 e. The molecule has 0 radical (unpaired) electrons. The van der Waals surface area contributed by atoms with E-state index in [0.29, 0.717) is 24.1 Å². The van der Waals surface area contributed by atoms with Crippen molar-refractivity contribution in [3.8, 4) is 0 Å². The van der Waals surface area contributed by atoms with Crippen LogP contribution < -0.4 is 5.48 Å². The summed E-state index contributed by atoms with van der Waals surface area (Å²) in [6.45, 7) is 3.87. The van der Waals surface area contributed by atoms with Crippen LogP contribution in [0.5, 0.6) is 0 Å². The fraction of sp³-hybridized carbons (Fsp3) is 0.0833. The Morgan fingerprint density at radius 2 is 2.31 bits per heavy atom. The van der Waals surface area contributed by atoms with Gasteiger partial charge in [0.1, 0.15) is 6.61 Å². The molecule has 0 aliphatic rings. The average Bonchev–Trinajstić information content (AvgIpc) is 2.34. The number of ether oxygens (including phenoxy) is 1. The van der Waals surface area contributed by atoms with Crippen LogP contribution in [-0.2, 0) is 11.3 Å². The lowest BCUT2D eigenvalue weighted by Crippen LogP contribution is -1.97. The molecular weight excluding hydrogens is 206 g/mol. The SMILES string of the molecule is C=C/C=C\OCc1ccc(C=O)c(NO)c1. The molecule has 2 N–H and O–H groups in total. The zero-order valence-electron chi connectivity index (χ0n) is 8.72. The summed E-state index contributed by atoms with van der Waals surface area (Å²) in [5, 5.41) is 8.81. The lowest BCUT2D eigenvalue weighted by molar-refractivity contribution is 0.112. The van der Waals surface area contributed by atoms with Crippen LogP contribution >= 0.6 is 0 Å². The molecule has 0 spiro atoms. The molecular formula is C12H13NO3. The van der Waals surface area contributed by atoms with E-state index in [9.17, 15) is 4.79 Å². The van der Waals surface area contributed by atoms with Crippen LogP contribution in [-0.4, -0.2) is 11.5 Å². The van der Waals surface area contributed by atoms with E-state index in [1.807, 2.05) is 5.48 Å². The standard InChI is InChI=1S/C12H13NO3/c1-2-3-6-16-9-10-4-5-11(8-14)12(7-10)13-15/h2-8,13,15H,1,9H2/b6-3-. The van der Waals surface area contributed by atoms with Gasteiger partial charge in [-0.1, -0.05) is 18.7 Å². The predicted octanol–water partition coefficient (Wildman–Crippen LogP) is 2.52. The highest BCUT2D eigenvalue weighted by Crippen LogP contribution is 2.16. The van der Waals surface area contributed by atoms with Crippen LogP contribution in [0.1, 0.15) is 15.9 Å². The van der Waals surface area contributed by atoms with Gasteiger partial charge >= 0.3 is 0 Å². The minimum absolute atomic E-state index is 0.359. The molecule has 0 aromatic heterocycles. The number of aldehydes is 1. The van der Waals surface area contributed by atoms with Crippen LogP contribution in [0.15, 0.2) is 43.2 Å². The van der Waals surface area contributed by atoms with Crippen LogP contribution in [0.4, 0.5) is 5.69 Å². The number of nitrogens with one attached hydrogen (secondary N) is 1. The van der Waals surface area contributed by atoms with Crippen LogP contribution in [0, 0.1) is 0 Å². The Morgan fingerprint density at radius 3 is 2.94 bits per heavy atom. The van der Waals surface area contributed by atoms with E-state index in [2.05, 4.69) is 6.58 Å². The molecule has 0 fully saturated rings. The van der Waals surface area contributed by atoms with Gasteiger partial charge in [0.2, 0.25) is 0 Å². The quantitative estimate of drug-likeness (QED) is 0.334. The lowest BCUT2D eigenvalue weighted by atomic mass is 10.1. The van der Waals surface area contributed by atoms with Crippen LogP contribution in [0.2, 0.25) is 0 Å². The zero-order chi connectivity index (χ0) is 11.8. The van der Waals surface area contributed by atoms with Gasteiger partial charge in [-0.3, -0.25) is 15.5 Å². The van der Waals surface area contributed by atoms with Crippen molar-refractivity contribution in [2.24, 2.45) is 0 Å². The second kappa shape index (κ2) is 6.42. The lowest BCUT2D eigenvalue weighted by Gasteiger charge is -2.06. The van der Waals surface area contributed by atoms with Gasteiger partial charge < -0.3 is 4.74 Å². The molecule has 0 atom stereocenters. The molecule has 0 aliphatic carbocycles. The predicted molar refractivity (Wildman–Crippen MR) is 61.4 cm³/mol. The number of anilines is 1. The maximum absolute atomic E-state index is 10.6. The first-order chi connectivity index (χ1) is 7.81. The van der Waals surface area contributed by atoms with E-state index in [-0.39, 0.29) is 0 Å². The van der Waals surface area contributed by atoms with Crippen molar-refractivity contribution in [3.63, 3.8) is 0 Å². The minimum atomic E-state index is 0.359.